The summed E-state index contributed by atoms with van der Waals surface area (Å²) < 4.78 is 22.6. The Hall–Kier alpha value is -1.76. The Morgan fingerprint density at radius 1 is 1.15 bits per heavy atom. The number of Topliss-reactive ketones (excluding diaryl/α,β-unsaturated/α-hetero) is 1. The summed E-state index contributed by atoms with van der Waals surface area (Å²) in [7, 11) is 4.67. The van der Waals surface area contributed by atoms with Gasteiger partial charge in [-0.25, -0.2) is 0 Å². The predicted molar refractivity (Wildman–Crippen MR) is 97.3 cm³/mol. The minimum absolute atomic E-state index is 0.203. The van der Waals surface area contributed by atoms with Crippen LogP contribution in [0.1, 0.15) is 37.0 Å². The van der Waals surface area contributed by atoms with Gasteiger partial charge in [-0.05, 0) is 36.1 Å². The highest BCUT2D eigenvalue weighted by atomic mass is 35.5. The Morgan fingerprint density at radius 2 is 1.85 bits per heavy atom. The van der Waals surface area contributed by atoms with Gasteiger partial charge in [0.25, 0.3) is 0 Å². The molecule has 0 fully saturated rings. The molecule has 0 saturated carbocycles. The van der Waals surface area contributed by atoms with Gasteiger partial charge >= 0.3 is 0 Å². The van der Waals surface area contributed by atoms with Crippen LogP contribution in [0.25, 0.3) is 5.57 Å². The number of halogens is 1. The molecule has 0 bridgehead atoms. The second kappa shape index (κ2) is 7.47. The van der Waals surface area contributed by atoms with E-state index in [1.54, 1.807) is 21.3 Å². The van der Waals surface area contributed by atoms with Crippen LogP contribution in [0, 0.1) is 0 Å². The Balaban J connectivity index is 2.32. The van der Waals surface area contributed by atoms with E-state index in [4.69, 9.17) is 30.5 Å². The lowest BCUT2D eigenvalue weighted by Gasteiger charge is -2.22. The third-order valence-electron chi connectivity index (χ3n) is 5.04. The van der Waals surface area contributed by atoms with Gasteiger partial charge in [0, 0.05) is 12.0 Å². The first kappa shape index (κ1) is 19.0. The van der Waals surface area contributed by atoms with Crippen LogP contribution in [0.2, 0.25) is 0 Å². The van der Waals surface area contributed by atoms with E-state index in [0.29, 0.717) is 29.2 Å². The van der Waals surface area contributed by atoms with Gasteiger partial charge in [-0.2, -0.15) is 0 Å². The SMILES string of the molecule is COc1cc2c(c(OC)c1OC)C1=C(CO[C@@H]2C)[C@H](Cl)[C@H](O)C(=O)CC1. The van der Waals surface area contributed by atoms with Crippen molar-refractivity contribution in [1.29, 1.82) is 0 Å². The summed E-state index contributed by atoms with van der Waals surface area (Å²) in [5.41, 5.74) is 3.25. The molecule has 26 heavy (non-hydrogen) atoms. The van der Waals surface area contributed by atoms with E-state index < -0.39 is 11.5 Å². The highest BCUT2D eigenvalue weighted by Crippen LogP contribution is 2.50. The largest absolute Gasteiger partial charge is 0.493 e. The molecule has 7 heteroatoms. The molecule has 1 N–H and O–H groups in total. The second-order valence-electron chi connectivity index (χ2n) is 6.38. The molecule has 1 aromatic carbocycles. The standard InChI is InChI=1S/C19H23ClO6/c1-9-11-7-14(23-2)18(24-3)19(25-4)15(11)10-5-6-13(21)17(22)16(20)12(10)8-26-9/h7,9,16-17,22H,5-6,8H2,1-4H3/t9-,16+,17-/m1/s1. The zero-order chi connectivity index (χ0) is 19.0. The molecule has 6 nitrogen and oxygen atoms in total. The van der Waals surface area contributed by atoms with Crippen LogP contribution in [0.3, 0.4) is 0 Å². The highest BCUT2D eigenvalue weighted by molar-refractivity contribution is 6.25. The highest BCUT2D eigenvalue weighted by Gasteiger charge is 2.37. The monoisotopic (exact) mass is 382 g/mol. The van der Waals surface area contributed by atoms with Crippen molar-refractivity contribution in [2.24, 2.45) is 0 Å². The molecule has 0 spiro atoms. The summed E-state index contributed by atoms with van der Waals surface area (Å²) in [6.45, 7) is 2.17. The number of aliphatic hydroxyl groups excluding tert-OH is 1. The molecular formula is C19H23ClO6. The molecule has 3 rings (SSSR count). The molecule has 0 aromatic heterocycles. The minimum Gasteiger partial charge on any atom is -0.493 e. The Morgan fingerprint density at radius 3 is 2.46 bits per heavy atom. The van der Waals surface area contributed by atoms with E-state index in [2.05, 4.69) is 0 Å². The molecule has 1 aliphatic carbocycles. The summed E-state index contributed by atoms with van der Waals surface area (Å²) in [4.78, 5) is 12.1. The van der Waals surface area contributed by atoms with Crippen LogP contribution in [-0.4, -0.2) is 50.3 Å². The van der Waals surface area contributed by atoms with Crippen molar-refractivity contribution < 1.29 is 28.8 Å². The van der Waals surface area contributed by atoms with E-state index >= 15 is 0 Å². The minimum atomic E-state index is -1.24. The maximum atomic E-state index is 12.1. The van der Waals surface area contributed by atoms with Gasteiger partial charge in [0.2, 0.25) is 5.75 Å². The summed E-state index contributed by atoms with van der Waals surface area (Å²) in [5, 5.41) is 9.40. The van der Waals surface area contributed by atoms with Crippen LogP contribution < -0.4 is 14.2 Å². The third-order valence-corrected chi connectivity index (χ3v) is 5.54. The van der Waals surface area contributed by atoms with Crippen LogP contribution >= 0.6 is 11.6 Å². The zero-order valence-electron chi connectivity index (χ0n) is 15.3. The average molecular weight is 383 g/mol. The number of hydrogen-bond donors (Lipinski definition) is 1. The molecule has 142 valence electrons. The predicted octanol–water partition coefficient (Wildman–Crippen LogP) is 2.89. The van der Waals surface area contributed by atoms with E-state index in [1.807, 2.05) is 13.0 Å². The van der Waals surface area contributed by atoms with E-state index in [9.17, 15) is 9.90 Å². The molecule has 0 unspecified atom stereocenters. The van der Waals surface area contributed by atoms with Crippen molar-refractivity contribution in [3.63, 3.8) is 0 Å². The average Bonchev–Trinajstić information content (AvgIpc) is 2.85. The molecular weight excluding hydrogens is 360 g/mol. The van der Waals surface area contributed by atoms with Gasteiger partial charge in [-0.15, -0.1) is 11.6 Å². The third kappa shape index (κ3) is 2.96. The lowest BCUT2D eigenvalue weighted by atomic mass is 9.90. The van der Waals surface area contributed by atoms with Gasteiger partial charge in [0.1, 0.15) is 6.10 Å². The number of carbonyl (C=O) groups is 1. The van der Waals surface area contributed by atoms with Gasteiger partial charge in [-0.3, -0.25) is 4.79 Å². The maximum Gasteiger partial charge on any atom is 0.203 e. The van der Waals surface area contributed by atoms with E-state index in [1.165, 1.54) is 0 Å². The summed E-state index contributed by atoms with van der Waals surface area (Å²) >= 11 is 6.45. The maximum absolute atomic E-state index is 12.1. The summed E-state index contributed by atoms with van der Waals surface area (Å²) in [6, 6.07) is 1.86. The normalized spacial score (nSPS) is 25.8. The van der Waals surface area contributed by atoms with Crippen LogP contribution in [0.5, 0.6) is 17.2 Å². The van der Waals surface area contributed by atoms with E-state index in [0.717, 1.165) is 16.7 Å². The fourth-order valence-electron chi connectivity index (χ4n) is 3.64. The first-order valence-electron chi connectivity index (χ1n) is 8.46. The molecule has 2 aliphatic rings. The van der Waals surface area contributed by atoms with Crippen molar-refractivity contribution in [2.45, 2.75) is 37.4 Å². The molecule has 0 saturated heterocycles. The number of aliphatic hydroxyl groups is 1. The zero-order valence-corrected chi connectivity index (χ0v) is 16.1. The number of alkyl halides is 1. The second-order valence-corrected chi connectivity index (χ2v) is 6.85. The van der Waals surface area contributed by atoms with Crippen LogP contribution in [-0.2, 0) is 9.53 Å². The molecule has 1 aliphatic heterocycles. The van der Waals surface area contributed by atoms with Crippen molar-refractivity contribution in [1.82, 2.24) is 0 Å². The quantitative estimate of drug-likeness (QED) is 0.810. The number of ether oxygens (including phenoxy) is 4. The molecule has 0 amide bonds. The first-order valence-corrected chi connectivity index (χ1v) is 8.89. The van der Waals surface area contributed by atoms with Gasteiger partial charge < -0.3 is 24.1 Å². The number of methoxy groups -OCH3 is 3. The molecule has 1 heterocycles. The molecule has 1 aromatic rings. The van der Waals surface area contributed by atoms with Crippen LogP contribution in [0.4, 0.5) is 0 Å². The van der Waals surface area contributed by atoms with Gasteiger partial charge in [0.05, 0.1) is 39.4 Å². The first-order chi connectivity index (χ1) is 12.4. The number of allylic oxidation sites excluding steroid dienone is 1. The smallest absolute Gasteiger partial charge is 0.203 e. The summed E-state index contributed by atoms with van der Waals surface area (Å²) in [6.07, 6.45) is -0.837. The number of fused-ring (bicyclic) bond motifs is 2. The van der Waals surface area contributed by atoms with E-state index in [-0.39, 0.29) is 24.9 Å². The number of carbonyl (C=O) groups excluding carboxylic acids is 1. The van der Waals surface area contributed by atoms with Gasteiger partial charge in [0.15, 0.2) is 17.3 Å². The Kier molecular flexibility index (Phi) is 5.46. The van der Waals surface area contributed by atoms with Crippen molar-refractivity contribution in [2.75, 3.05) is 27.9 Å². The summed E-state index contributed by atoms with van der Waals surface area (Å²) in [5.74, 6) is 1.25. The van der Waals surface area contributed by atoms with Crippen molar-refractivity contribution in [3.05, 3.63) is 22.8 Å². The van der Waals surface area contributed by atoms with Crippen molar-refractivity contribution in [3.8, 4) is 17.2 Å². The fourth-order valence-corrected chi connectivity index (χ4v) is 3.98. The Bertz CT molecular complexity index is 757. The Labute approximate surface area is 157 Å². The lowest BCUT2D eigenvalue weighted by molar-refractivity contribution is -0.126. The number of hydrogen-bond acceptors (Lipinski definition) is 6. The van der Waals surface area contributed by atoms with Crippen LogP contribution in [0.15, 0.2) is 11.6 Å². The lowest BCUT2D eigenvalue weighted by Crippen LogP contribution is -2.31. The molecule has 3 atom stereocenters. The fraction of sp³-hybridized carbons (Fsp3) is 0.526. The van der Waals surface area contributed by atoms with Gasteiger partial charge in [-0.1, -0.05) is 0 Å². The number of benzene rings is 1. The van der Waals surface area contributed by atoms with Crippen molar-refractivity contribution >= 4 is 23.0 Å². The topological polar surface area (TPSA) is 74.2 Å². The number of ketones is 1. The molecule has 0 radical (unpaired) electrons. The number of rotatable bonds is 3.